The second kappa shape index (κ2) is 6.78. The van der Waals surface area contributed by atoms with Gasteiger partial charge in [0, 0.05) is 24.5 Å². The highest BCUT2D eigenvalue weighted by molar-refractivity contribution is 5.94. The summed E-state index contributed by atoms with van der Waals surface area (Å²) in [5.74, 6) is 0.596. The van der Waals surface area contributed by atoms with Crippen molar-refractivity contribution in [2.45, 2.75) is 13.3 Å². The first kappa shape index (κ1) is 14.8. The highest BCUT2D eigenvalue weighted by Gasteiger charge is 2.07. The van der Waals surface area contributed by atoms with E-state index in [2.05, 4.69) is 25.8 Å². The van der Waals surface area contributed by atoms with E-state index in [4.69, 9.17) is 0 Å². The molecule has 3 rings (SSSR count). The molecule has 23 heavy (non-hydrogen) atoms. The summed E-state index contributed by atoms with van der Waals surface area (Å²) in [7, 11) is 0. The number of pyridine rings is 1. The third-order valence-electron chi connectivity index (χ3n) is 3.45. The Kier molecular flexibility index (Phi) is 4.37. The van der Waals surface area contributed by atoms with Crippen LogP contribution in [0.5, 0.6) is 0 Å². The normalized spacial score (nSPS) is 10.5. The van der Waals surface area contributed by atoms with Crippen LogP contribution in [0.2, 0.25) is 0 Å². The van der Waals surface area contributed by atoms with Gasteiger partial charge >= 0.3 is 0 Å². The zero-order chi connectivity index (χ0) is 16.1. The van der Waals surface area contributed by atoms with Crippen molar-refractivity contribution in [2.75, 3.05) is 6.54 Å². The molecule has 7 heteroatoms. The number of rotatable bonds is 5. The van der Waals surface area contributed by atoms with Gasteiger partial charge in [0.2, 0.25) is 0 Å². The van der Waals surface area contributed by atoms with E-state index in [1.807, 2.05) is 31.2 Å². The molecule has 7 nitrogen and oxygen atoms in total. The maximum absolute atomic E-state index is 12.1. The van der Waals surface area contributed by atoms with Crippen LogP contribution in [0.4, 0.5) is 0 Å². The highest BCUT2D eigenvalue weighted by atomic mass is 16.1. The summed E-state index contributed by atoms with van der Waals surface area (Å²) in [4.78, 5) is 16.1. The number of carbonyl (C=O) groups is 1. The average Bonchev–Trinajstić information content (AvgIpc) is 3.02. The lowest BCUT2D eigenvalue weighted by Gasteiger charge is -2.06. The summed E-state index contributed by atoms with van der Waals surface area (Å²) in [5.41, 5.74) is 2.57. The number of aryl methyl sites for hydroxylation is 1. The van der Waals surface area contributed by atoms with Gasteiger partial charge in [-0.2, -0.15) is 4.68 Å². The van der Waals surface area contributed by atoms with Crippen molar-refractivity contribution < 1.29 is 4.79 Å². The van der Waals surface area contributed by atoms with Gasteiger partial charge in [-0.1, -0.05) is 0 Å². The molecule has 1 amide bonds. The first-order valence-electron chi connectivity index (χ1n) is 7.26. The van der Waals surface area contributed by atoms with Crippen molar-refractivity contribution in [2.24, 2.45) is 0 Å². The minimum absolute atomic E-state index is 0.0981. The van der Waals surface area contributed by atoms with Gasteiger partial charge in [0.05, 0.1) is 5.69 Å². The molecule has 0 unspecified atom stereocenters. The van der Waals surface area contributed by atoms with Crippen LogP contribution in [0.1, 0.15) is 21.7 Å². The number of tetrazole rings is 1. The summed E-state index contributed by atoms with van der Waals surface area (Å²) in [6.07, 6.45) is 4.27. The van der Waals surface area contributed by atoms with Gasteiger partial charge in [-0.05, 0) is 65.7 Å². The van der Waals surface area contributed by atoms with Crippen molar-refractivity contribution >= 4 is 5.91 Å². The minimum Gasteiger partial charge on any atom is -0.352 e. The lowest BCUT2D eigenvalue weighted by atomic mass is 10.1. The summed E-state index contributed by atoms with van der Waals surface area (Å²) in [5, 5.41) is 14.2. The Balaban J connectivity index is 1.59. The molecular formula is C16H16N6O. The first-order chi connectivity index (χ1) is 11.2. The predicted molar refractivity (Wildman–Crippen MR) is 84.2 cm³/mol. The van der Waals surface area contributed by atoms with Crippen LogP contribution in [-0.4, -0.2) is 37.6 Å². The van der Waals surface area contributed by atoms with Gasteiger partial charge in [-0.25, -0.2) is 0 Å². The second-order valence-corrected chi connectivity index (χ2v) is 5.05. The number of hydrogen-bond donors (Lipinski definition) is 1. The number of amides is 1. The Labute approximate surface area is 133 Å². The molecule has 0 bridgehead atoms. The van der Waals surface area contributed by atoms with Crippen LogP contribution >= 0.6 is 0 Å². The molecule has 0 aliphatic rings. The number of benzene rings is 1. The molecule has 0 saturated carbocycles. The van der Waals surface area contributed by atoms with Gasteiger partial charge in [-0.15, -0.1) is 5.10 Å². The predicted octanol–water partition coefficient (Wildman–Crippen LogP) is 1.34. The quantitative estimate of drug-likeness (QED) is 0.768. The summed E-state index contributed by atoms with van der Waals surface area (Å²) in [6.45, 7) is 2.40. The van der Waals surface area contributed by atoms with E-state index < -0.39 is 0 Å². The van der Waals surface area contributed by atoms with E-state index >= 15 is 0 Å². The van der Waals surface area contributed by atoms with Crippen molar-refractivity contribution in [1.82, 2.24) is 30.5 Å². The maximum atomic E-state index is 12.1. The van der Waals surface area contributed by atoms with Crippen molar-refractivity contribution in [3.05, 3.63) is 65.7 Å². The monoisotopic (exact) mass is 308 g/mol. The van der Waals surface area contributed by atoms with Gasteiger partial charge in [0.25, 0.3) is 5.91 Å². The lowest BCUT2D eigenvalue weighted by molar-refractivity contribution is 0.0954. The molecule has 0 aliphatic carbocycles. The number of hydrogen-bond acceptors (Lipinski definition) is 5. The Hall–Kier alpha value is -3.09. The molecule has 116 valence electrons. The van der Waals surface area contributed by atoms with Crippen LogP contribution in [-0.2, 0) is 6.42 Å². The molecule has 0 aliphatic heterocycles. The molecular weight excluding hydrogens is 292 g/mol. The smallest absolute Gasteiger partial charge is 0.251 e. The van der Waals surface area contributed by atoms with E-state index in [-0.39, 0.29) is 5.91 Å². The van der Waals surface area contributed by atoms with Crippen LogP contribution in [0.25, 0.3) is 5.69 Å². The number of aromatic nitrogens is 5. The molecule has 0 spiro atoms. The number of carbonyl (C=O) groups excluding carboxylic acids is 1. The Bertz CT molecular complexity index is 782. The molecule has 0 atom stereocenters. The third kappa shape index (κ3) is 3.57. The zero-order valence-electron chi connectivity index (χ0n) is 12.7. The van der Waals surface area contributed by atoms with E-state index in [0.717, 1.165) is 17.7 Å². The van der Waals surface area contributed by atoms with Crippen molar-refractivity contribution in [3.63, 3.8) is 0 Å². The molecule has 3 aromatic rings. The molecule has 2 heterocycles. The minimum atomic E-state index is -0.0981. The fourth-order valence-electron chi connectivity index (χ4n) is 2.20. The molecule has 2 aromatic heterocycles. The average molecular weight is 308 g/mol. The van der Waals surface area contributed by atoms with Gasteiger partial charge in [-0.3, -0.25) is 9.78 Å². The van der Waals surface area contributed by atoms with E-state index in [1.54, 1.807) is 29.2 Å². The Morgan fingerprint density at radius 3 is 2.52 bits per heavy atom. The number of nitrogens with one attached hydrogen (secondary N) is 1. The molecule has 0 saturated heterocycles. The van der Waals surface area contributed by atoms with Gasteiger partial charge in [0.1, 0.15) is 0 Å². The van der Waals surface area contributed by atoms with E-state index in [0.29, 0.717) is 17.9 Å². The lowest BCUT2D eigenvalue weighted by Crippen LogP contribution is -2.25. The van der Waals surface area contributed by atoms with Crippen LogP contribution in [0, 0.1) is 6.92 Å². The fourth-order valence-corrected chi connectivity index (χ4v) is 2.20. The summed E-state index contributed by atoms with van der Waals surface area (Å²) >= 11 is 0. The SMILES string of the molecule is Cc1nnnn1-c1ccc(C(=O)NCCc2ccncc2)cc1. The molecule has 1 N–H and O–H groups in total. The number of nitrogens with zero attached hydrogens (tertiary/aromatic N) is 5. The highest BCUT2D eigenvalue weighted by Crippen LogP contribution is 2.09. The van der Waals surface area contributed by atoms with E-state index in [1.165, 1.54) is 0 Å². The molecule has 0 radical (unpaired) electrons. The fraction of sp³-hybridized carbons (Fsp3) is 0.188. The largest absolute Gasteiger partial charge is 0.352 e. The maximum Gasteiger partial charge on any atom is 0.251 e. The van der Waals surface area contributed by atoms with Crippen molar-refractivity contribution in [3.8, 4) is 5.69 Å². The Morgan fingerprint density at radius 2 is 1.87 bits per heavy atom. The van der Waals surface area contributed by atoms with Crippen molar-refractivity contribution in [1.29, 1.82) is 0 Å². The van der Waals surface area contributed by atoms with Crippen LogP contribution in [0.3, 0.4) is 0 Å². The zero-order valence-corrected chi connectivity index (χ0v) is 12.7. The standard InChI is InChI=1S/C16H16N6O/c1-12-19-20-21-22(12)15-4-2-14(3-5-15)16(23)18-11-8-13-6-9-17-10-7-13/h2-7,9-10H,8,11H2,1H3,(H,18,23). The van der Waals surface area contributed by atoms with E-state index in [9.17, 15) is 4.79 Å². The Morgan fingerprint density at radius 1 is 1.13 bits per heavy atom. The van der Waals surface area contributed by atoms with Crippen LogP contribution < -0.4 is 5.32 Å². The topological polar surface area (TPSA) is 85.6 Å². The molecule has 0 fully saturated rings. The third-order valence-corrected chi connectivity index (χ3v) is 3.45. The van der Waals surface area contributed by atoms with Crippen LogP contribution in [0.15, 0.2) is 48.8 Å². The summed E-state index contributed by atoms with van der Waals surface area (Å²) in [6, 6.07) is 11.0. The summed E-state index contributed by atoms with van der Waals surface area (Å²) < 4.78 is 1.62. The van der Waals surface area contributed by atoms with Gasteiger partial charge < -0.3 is 5.32 Å². The molecule has 1 aromatic carbocycles. The first-order valence-corrected chi connectivity index (χ1v) is 7.26. The van der Waals surface area contributed by atoms with Gasteiger partial charge in [0.15, 0.2) is 5.82 Å². The second-order valence-electron chi connectivity index (χ2n) is 5.05.